The number of nitrogens with one attached hydrogen (secondary N) is 2. The number of hydrogen-bond acceptors (Lipinski definition) is 3. The van der Waals surface area contributed by atoms with Crippen LogP contribution in [0.3, 0.4) is 0 Å². The molecule has 0 saturated heterocycles. The number of anilines is 1. The number of benzene rings is 1. The van der Waals surface area contributed by atoms with Crippen molar-refractivity contribution in [3.05, 3.63) is 29.8 Å². The van der Waals surface area contributed by atoms with Crippen LogP contribution in [-0.4, -0.2) is 44.0 Å². The Bertz CT molecular complexity index is 406. The molecule has 0 bridgehead atoms. The van der Waals surface area contributed by atoms with Crippen LogP contribution in [0.5, 0.6) is 0 Å². The Labute approximate surface area is 116 Å². The summed E-state index contributed by atoms with van der Waals surface area (Å²) in [5, 5.41) is 5.99. The molecule has 106 valence electrons. The second kappa shape index (κ2) is 7.79. The molecule has 1 unspecified atom stereocenters. The lowest BCUT2D eigenvalue weighted by atomic mass is 10.1. The van der Waals surface area contributed by atoms with Gasteiger partial charge in [-0.3, -0.25) is 4.79 Å². The van der Waals surface area contributed by atoms with Gasteiger partial charge in [-0.2, -0.15) is 0 Å². The maximum absolute atomic E-state index is 12.1. The molecular weight excluding hydrogens is 238 g/mol. The van der Waals surface area contributed by atoms with Crippen molar-refractivity contribution in [2.45, 2.75) is 26.3 Å². The first-order valence-corrected chi connectivity index (χ1v) is 6.85. The number of carbonyl (C=O) groups excluding carboxylic acids is 1. The van der Waals surface area contributed by atoms with Crippen LogP contribution in [0.2, 0.25) is 0 Å². The fraction of sp³-hybridized carbons (Fsp3) is 0.533. The third-order valence-corrected chi connectivity index (χ3v) is 3.53. The zero-order valence-corrected chi connectivity index (χ0v) is 12.4. The van der Waals surface area contributed by atoms with E-state index in [1.807, 2.05) is 31.3 Å². The van der Waals surface area contributed by atoms with Crippen molar-refractivity contribution in [2.24, 2.45) is 0 Å². The van der Waals surface area contributed by atoms with Gasteiger partial charge in [-0.15, -0.1) is 0 Å². The Morgan fingerprint density at radius 2 is 2.05 bits per heavy atom. The second-order valence-electron chi connectivity index (χ2n) is 4.79. The van der Waals surface area contributed by atoms with Crippen LogP contribution in [-0.2, 0) is 0 Å². The smallest absolute Gasteiger partial charge is 0.253 e. The van der Waals surface area contributed by atoms with Gasteiger partial charge in [0.15, 0.2) is 0 Å². The van der Waals surface area contributed by atoms with Crippen molar-refractivity contribution in [3.63, 3.8) is 0 Å². The van der Waals surface area contributed by atoms with E-state index in [4.69, 9.17) is 0 Å². The molecule has 4 nitrogen and oxygen atoms in total. The predicted octanol–water partition coefficient (Wildman–Crippen LogP) is 2.19. The van der Waals surface area contributed by atoms with Gasteiger partial charge in [-0.1, -0.05) is 19.1 Å². The molecule has 0 aromatic heterocycles. The monoisotopic (exact) mass is 263 g/mol. The SMILES string of the molecule is CCC(C)N(C)CCNC(=O)c1ccccc1NC. The minimum Gasteiger partial charge on any atom is -0.387 e. The zero-order valence-electron chi connectivity index (χ0n) is 12.4. The molecule has 0 aliphatic rings. The molecule has 0 saturated carbocycles. The number of rotatable bonds is 7. The Morgan fingerprint density at radius 3 is 2.68 bits per heavy atom. The molecule has 1 aromatic rings. The third kappa shape index (κ3) is 4.56. The van der Waals surface area contributed by atoms with Crippen molar-refractivity contribution in [1.29, 1.82) is 0 Å². The normalized spacial score (nSPS) is 12.3. The molecule has 0 heterocycles. The van der Waals surface area contributed by atoms with Gasteiger partial charge in [0.05, 0.1) is 5.56 Å². The quantitative estimate of drug-likeness (QED) is 0.792. The fourth-order valence-corrected chi connectivity index (χ4v) is 1.87. The molecule has 0 spiro atoms. The van der Waals surface area contributed by atoms with E-state index in [0.717, 1.165) is 18.7 Å². The van der Waals surface area contributed by atoms with Gasteiger partial charge in [0.25, 0.3) is 5.91 Å². The molecule has 0 radical (unpaired) electrons. The van der Waals surface area contributed by atoms with Crippen LogP contribution in [0.1, 0.15) is 30.6 Å². The molecule has 4 heteroatoms. The fourth-order valence-electron chi connectivity index (χ4n) is 1.87. The van der Waals surface area contributed by atoms with Crippen molar-refractivity contribution >= 4 is 11.6 Å². The summed E-state index contributed by atoms with van der Waals surface area (Å²) in [6.07, 6.45) is 1.12. The van der Waals surface area contributed by atoms with Crippen molar-refractivity contribution < 1.29 is 4.79 Å². The van der Waals surface area contributed by atoms with E-state index in [-0.39, 0.29) is 5.91 Å². The van der Waals surface area contributed by atoms with Crippen LogP contribution in [0.15, 0.2) is 24.3 Å². The first kappa shape index (κ1) is 15.5. The highest BCUT2D eigenvalue weighted by molar-refractivity contribution is 5.99. The van der Waals surface area contributed by atoms with Crippen LogP contribution < -0.4 is 10.6 Å². The van der Waals surface area contributed by atoms with Crippen LogP contribution in [0, 0.1) is 0 Å². The van der Waals surface area contributed by atoms with Gasteiger partial charge in [-0.25, -0.2) is 0 Å². The summed E-state index contributed by atoms with van der Waals surface area (Å²) in [5.41, 5.74) is 1.55. The number of amides is 1. The summed E-state index contributed by atoms with van der Waals surface area (Å²) in [5.74, 6) is -0.0255. The summed E-state index contributed by atoms with van der Waals surface area (Å²) in [7, 11) is 3.91. The number of hydrogen-bond donors (Lipinski definition) is 2. The van der Waals surface area contributed by atoms with Crippen LogP contribution in [0.4, 0.5) is 5.69 Å². The summed E-state index contributed by atoms with van der Waals surface area (Å²) in [4.78, 5) is 14.3. The second-order valence-corrected chi connectivity index (χ2v) is 4.79. The maximum Gasteiger partial charge on any atom is 0.253 e. The van der Waals surface area contributed by atoms with E-state index in [2.05, 4.69) is 36.4 Å². The van der Waals surface area contributed by atoms with Crippen molar-refractivity contribution in [1.82, 2.24) is 10.2 Å². The molecule has 0 aliphatic heterocycles. The van der Waals surface area contributed by atoms with Gasteiger partial charge >= 0.3 is 0 Å². The summed E-state index contributed by atoms with van der Waals surface area (Å²) in [6.45, 7) is 5.89. The van der Waals surface area contributed by atoms with Gasteiger partial charge in [0.2, 0.25) is 0 Å². The molecule has 1 rings (SSSR count). The van der Waals surface area contributed by atoms with E-state index in [9.17, 15) is 4.79 Å². The van der Waals surface area contributed by atoms with Crippen molar-refractivity contribution in [3.8, 4) is 0 Å². The Kier molecular flexibility index (Phi) is 6.36. The molecular formula is C15H25N3O. The van der Waals surface area contributed by atoms with Gasteiger partial charge < -0.3 is 15.5 Å². The first-order chi connectivity index (χ1) is 9.10. The van der Waals surface area contributed by atoms with Crippen molar-refractivity contribution in [2.75, 3.05) is 32.5 Å². The summed E-state index contributed by atoms with van der Waals surface area (Å²) < 4.78 is 0. The van der Waals surface area contributed by atoms with E-state index >= 15 is 0 Å². The lowest BCUT2D eigenvalue weighted by molar-refractivity contribution is 0.0948. The third-order valence-electron chi connectivity index (χ3n) is 3.53. The van der Waals surface area contributed by atoms with Gasteiger partial charge in [0, 0.05) is 31.9 Å². The number of para-hydroxylation sites is 1. The average molecular weight is 263 g/mol. The number of carbonyl (C=O) groups is 1. The van der Waals surface area contributed by atoms with E-state index in [1.165, 1.54) is 0 Å². The summed E-state index contributed by atoms with van der Waals surface area (Å²) >= 11 is 0. The largest absolute Gasteiger partial charge is 0.387 e. The zero-order chi connectivity index (χ0) is 14.3. The highest BCUT2D eigenvalue weighted by Crippen LogP contribution is 2.13. The first-order valence-electron chi connectivity index (χ1n) is 6.85. The van der Waals surface area contributed by atoms with Crippen LogP contribution >= 0.6 is 0 Å². The molecule has 19 heavy (non-hydrogen) atoms. The predicted molar refractivity (Wildman–Crippen MR) is 80.7 cm³/mol. The lowest BCUT2D eigenvalue weighted by Crippen LogP contribution is -2.37. The Morgan fingerprint density at radius 1 is 1.37 bits per heavy atom. The Balaban J connectivity index is 2.47. The van der Waals surface area contributed by atoms with Gasteiger partial charge in [-0.05, 0) is 32.5 Å². The van der Waals surface area contributed by atoms with Crippen LogP contribution in [0.25, 0.3) is 0 Å². The van der Waals surface area contributed by atoms with E-state index < -0.39 is 0 Å². The number of nitrogens with zero attached hydrogens (tertiary/aromatic N) is 1. The molecule has 0 fully saturated rings. The Hall–Kier alpha value is -1.55. The molecule has 2 N–H and O–H groups in total. The highest BCUT2D eigenvalue weighted by atomic mass is 16.1. The van der Waals surface area contributed by atoms with E-state index in [1.54, 1.807) is 0 Å². The molecule has 1 amide bonds. The highest BCUT2D eigenvalue weighted by Gasteiger charge is 2.10. The topological polar surface area (TPSA) is 44.4 Å². The molecule has 1 atom stereocenters. The lowest BCUT2D eigenvalue weighted by Gasteiger charge is -2.23. The minimum absolute atomic E-state index is 0.0255. The van der Waals surface area contributed by atoms with E-state index in [0.29, 0.717) is 18.2 Å². The standard InChI is InChI=1S/C15H25N3O/c1-5-12(2)18(4)11-10-17-15(19)13-8-6-7-9-14(13)16-3/h6-9,12,16H,5,10-11H2,1-4H3,(H,17,19). The minimum atomic E-state index is -0.0255. The number of likely N-dealkylation sites (N-methyl/N-ethyl adjacent to an activating group) is 1. The molecule has 1 aromatic carbocycles. The summed E-state index contributed by atoms with van der Waals surface area (Å²) in [6, 6.07) is 8.07. The molecule has 0 aliphatic carbocycles. The van der Waals surface area contributed by atoms with Gasteiger partial charge in [0.1, 0.15) is 0 Å². The maximum atomic E-state index is 12.1. The average Bonchev–Trinajstić information content (AvgIpc) is 2.45.